The molecule has 1 aromatic heterocycles. The molecule has 0 aliphatic heterocycles. The molecule has 154 valence electrons. The average molecular weight is 468 g/mol. The van der Waals surface area contributed by atoms with Crippen molar-refractivity contribution < 1.29 is 4.79 Å². The first-order valence-electron chi connectivity index (χ1n) is 9.69. The summed E-state index contributed by atoms with van der Waals surface area (Å²) in [4.78, 5) is 14.8. The zero-order valence-corrected chi connectivity index (χ0v) is 19.7. The smallest absolute Gasteiger partial charge is 0.237 e. The number of hydrogen-bond donors (Lipinski definition) is 1. The van der Waals surface area contributed by atoms with Crippen molar-refractivity contribution in [1.82, 2.24) is 19.7 Å². The first-order chi connectivity index (χ1) is 13.4. The van der Waals surface area contributed by atoms with E-state index in [1.807, 2.05) is 31.2 Å². The molecular weight excluding hydrogens is 438 g/mol. The Hall–Kier alpha value is -1.38. The molecule has 2 rings (SSSR count). The Balaban J connectivity index is 2.15. The van der Waals surface area contributed by atoms with Crippen LogP contribution in [0.1, 0.15) is 51.9 Å². The largest absolute Gasteiger partial charge is 0.325 e. The third-order valence-electron chi connectivity index (χ3n) is 4.55. The van der Waals surface area contributed by atoms with E-state index in [2.05, 4.69) is 68.9 Å². The molecule has 28 heavy (non-hydrogen) atoms. The Bertz CT molecular complexity index is 762. The number of unbranched alkanes of at least 4 members (excludes halogenated alkanes) is 1. The zero-order chi connectivity index (χ0) is 20.7. The van der Waals surface area contributed by atoms with E-state index < -0.39 is 0 Å². The molecule has 0 radical (unpaired) electrons. The first-order valence-corrected chi connectivity index (χ1v) is 11.4. The molecule has 0 fully saturated rings. The maximum Gasteiger partial charge on any atom is 0.237 e. The van der Waals surface area contributed by atoms with Gasteiger partial charge in [-0.1, -0.05) is 48.0 Å². The Morgan fingerprint density at radius 2 is 1.93 bits per heavy atom. The van der Waals surface area contributed by atoms with E-state index in [9.17, 15) is 4.79 Å². The van der Waals surface area contributed by atoms with Crippen LogP contribution in [0.4, 0.5) is 5.69 Å². The molecule has 6 nitrogen and oxygen atoms in total. The number of rotatable bonds is 10. The van der Waals surface area contributed by atoms with Gasteiger partial charge in [-0.2, -0.15) is 0 Å². The molecule has 1 aromatic carbocycles. The van der Waals surface area contributed by atoms with Gasteiger partial charge in [0, 0.05) is 16.7 Å². The summed E-state index contributed by atoms with van der Waals surface area (Å²) >= 11 is 4.87. The Morgan fingerprint density at radius 3 is 2.50 bits per heavy atom. The van der Waals surface area contributed by atoms with Gasteiger partial charge in [0.25, 0.3) is 0 Å². The minimum absolute atomic E-state index is 0.0430. The molecule has 0 saturated heterocycles. The van der Waals surface area contributed by atoms with Crippen LogP contribution in [0.2, 0.25) is 0 Å². The number of carbonyl (C=O) groups is 1. The van der Waals surface area contributed by atoms with Crippen molar-refractivity contribution >= 4 is 39.3 Å². The van der Waals surface area contributed by atoms with Crippen molar-refractivity contribution in [1.29, 1.82) is 0 Å². The van der Waals surface area contributed by atoms with Crippen molar-refractivity contribution in [3.8, 4) is 0 Å². The Kier molecular flexibility index (Phi) is 8.98. The molecule has 1 heterocycles. The summed E-state index contributed by atoms with van der Waals surface area (Å²) in [5.41, 5.74) is 0.785. The van der Waals surface area contributed by atoms with Crippen LogP contribution < -0.4 is 5.32 Å². The van der Waals surface area contributed by atoms with E-state index in [1.54, 1.807) is 0 Å². The highest BCUT2D eigenvalue weighted by atomic mass is 79.9. The number of nitrogens with zero attached hydrogens (tertiary/aromatic N) is 4. The van der Waals surface area contributed by atoms with Gasteiger partial charge in [-0.3, -0.25) is 9.69 Å². The topological polar surface area (TPSA) is 63.1 Å². The van der Waals surface area contributed by atoms with Crippen molar-refractivity contribution in [2.45, 2.75) is 63.0 Å². The van der Waals surface area contributed by atoms with Gasteiger partial charge in [0.1, 0.15) is 0 Å². The quantitative estimate of drug-likeness (QED) is 0.499. The number of nitrogens with one attached hydrogen (secondary N) is 1. The summed E-state index contributed by atoms with van der Waals surface area (Å²) in [5, 5.41) is 12.4. The summed E-state index contributed by atoms with van der Waals surface area (Å²) in [7, 11) is 4.13. The van der Waals surface area contributed by atoms with Gasteiger partial charge < -0.3 is 9.88 Å². The van der Waals surface area contributed by atoms with E-state index in [0.717, 1.165) is 46.9 Å². The zero-order valence-electron chi connectivity index (χ0n) is 17.3. The molecule has 1 N–H and O–H groups in total. The normalized spacial score (nSPS) is 13.5. The number of thioether (sulfide) groups is 1. The Morgan fingerprint density at radius 1 is 1.25 bits per heavy atom. The standard InChI is InChI=1S/C20H30BrN5OS/c1-6-8-13-26-18(17(7-2)25(4)5)23-24-20(26)28-14(3)19(27)22-16-11-9-15(21)10-12-16/h9-12,14,17H,6-8,13H2,1-5H3,(H,22,27). The number of hydrogen-bond acceptors (Lipinski definition) is 5. The van der Waals surface area contributed by atoms with Crippen LogP contribution in [0.25, 0.3) is 0 Å². The molecule has 2 aromatic rings. The Labute approximate surface area is 180 Å². The number of halogens is 1. The van der Waals surface area contributed by atoms with Crippen LogP contribution in [0, 0.1) is 0 Å². The van der Waals surface area contributed by atoms with Gasteiger partial charge in [-0.05, 0) is 58.1 Å². The van der Waals surface area contributed by atoms with Gasteiger partial charge in [-0.25, -0.2) is 0 Å². The molecule has 0 spiro atoms. The number of anilines is 1. The van der Waals surface area contributed by atoms with Crippen molar-refractivity contribution in [3.63, 3.8) is 0 Å². The summed E-state index contributed by atoms with van der Waals surface area (Å²) in [5.74, 6) is 0.933. The monoisotopic (exact) mass is 467 g/mol. The second-order valence-corrected chi connectivity index (χ2v) is 9.21. The maximum atomic E-state index is 12.6. The lowest BCUT2D eigenvalue weighted by molar-refractivity contribution is -0.115. The summed E-state index contributed by atoms with van der Waals surface area (Å²) in [6.07, 6.45) is 3.11. The van der Waals surface area contributed by atoms with Crippen LogP contribution in [0.3, 0.4) is 0 Å². The minimum atomic E-state index is -0.277. The lowest BCUT2D eigenvalue weighted by Crippen LogP contribution is -2.24. The second-order valence-electron chi connectivity index (χ2n) is 6.99. The molecule has 0 aliphatic rings. The molecule has 0 aliphatic carbocycles. The third kappa shape index (κ3) is 6.06. The van der Waals surface area contributed by atoms with Crippen molar-refractivity contribution in [2.75, 3.05) is 19.4 Å². The third-order valence-corrected chi connectivity index (χ3v) is 6.16. The van der Waals surface area contributed by atoms with Gasteiger partial charge >= 0.3 is 0 Å². The van der Waals surface area contributed by atoms with E-state index in [4.69, 9.17) is 0 Å². The fourth-order valence-corrected chi connectivity index (χ4v) is 4.07. The van der Waals surface area contributed by atoms with E-state index in [0.29, 0.717) is 0 Å². The van der Waals surface area contributed by atoms with Gasteiger partial charge in [0.05, 0.1) is 11.3 Å². The van der Waals surface area contributed by atoms with Crippen LogP contribution in [0.15, 0.2) is 33.9 Å². The number of aromatic nitrogens is 3. The number of amides is 1. The predicted molar refractivity (Wildman–Crippen MR) is 120 cm³/mol. The minimum Gasteiger partial charge on any atom is -0.325 e. The van der Waals surface area contributed by atoms with E-state index in [1.165, 1.54) is 11.8 Å². The average Bonchev–Trinajstić information content (AvgIpc) is 3.04. The fourth-order valence-electron chi connectivity index (χ4n) is 2.93. The van der Waals surface area contributed by atoms with Gasteiger partial charge in [0.15, 0.2) is 11.0 Å². The van der Waals surface area contributed by atoms with Gasteiger partial charge in [0.2, 0.25) is 5.91 Å². The maximum absolute atomic E-state index is 12.6. The predicted octanol–water partition coefficient (Wildman–Crippen LogP) is 4.97. The molecule has 0 saturated carbocycles. The second kappa shape index (κ2) is 11.0. The first kappa shape index (κ1) is 22.9. The summed E-state index contributed by atoms with van der Waals surface area (Å²) in [6.45, 7) is 7.10. The SMILES string of the molecule is CCCCn1c(SC(C)C(=O)Nc2ccc(Br)cc2)nnc1C(CC)N(C)C. The lowest BCUT2D eigenvalue weighted by atomic mass is 10.2. The van der Waals surface area contributed by atoms with E-state index >= 15 is 0 Å². The summed E-state index contributed by atoms with van der Waals surface area (Å²) < 4.78 is 3.17. The highest BCUT2D eigenvalue weighted by Gasteiger charge is 2.24. The molecule has 2 atom stereocenters. The van der Waals surface area contributed by atoms with Crippen molar-refractivity contribution in [2.24, 2.45) is 0 Å². The van der Waals surface area contributed by atoms with Gasteiger partial charge in [-0.15, -0.1) is 10.2 Å². The number of benzene rings is 1. The molecule has 8 heteroatoms. The van der Waals surface area contributed by atoms with Crippen LogP contribution in [-0.4, -0.2) is 44.9 Å². The molecule has 2 unspecified atom stereocenters. The van der Waals surface area contributed by atoms with E-state index in [-0.39, 0.29) is 17.2 Å². The number of carbonyl (C=O) groups excluding carboxylic acids is 1. The molecule has 0 bridgehead atoms. The fraction of sp³-hybridized carbons (Fsp3) is 0.550. The van der Waals surface area contributed by atoms with Crippen molar-refractivity contribution in [3.05, 3.63) is 34.6 Å². The molecule has 1 amide bonds. The summed E-state index contributed by atoms with van der Waals surface area (Å²) in [6, 6.07) is 7.79. The van der Waals surface area contributed by atoms with Crippen LogP contribution in [-0.2, 0) is 11.3 Å². The van der Waals surface area contributed by atoms with Crippen LogP contribution in [0.5, 0.6) is 0 Å². The molecular formula is C20H30BrN5OS. The van der Waals surface area contributed by atoms with Crippen LogP contribution >= 0.6 is 27.7 Å². The lowest BCUT2D eigenvalue weighted by Gasteiger charge is -2.23. The highest BCUT2D eigenvalue weighted by molar-refractivity contribution is 9.10. The highest BCUT2D eigenvalue weighted by Crippen LogP contribution is 2.28.